The Morgan fingerprint density at radius 2 is 0.575 bits per heavy atom. The number of nitrogens with two attached hydrogens (primary N) is 5. The molecule has 3 fully saturated rings. The Morgan fingerprint density at radius 1 is 0.331 bits per heavy atom. The van der Waals surface area contributed by atoms with E-state index < -0.39 is 11.7 Å². The van der Waals surface area contributed by atoms with E-state index in [-0.39, 0.29) is 84.9 Å². The Balaban J connectivity index is 0.000000169. The van der Waals surface area contributed by atoms with Gasteiger partial charge in [0.25, 0.3) is 0 Å². The standard InChI is InChI=1S/C32H37N7O4S2.C26H28N8O2S2.C11H14O2.C10H14N6S2.C10H13NO2/c1-19-8-10-20(11-9-19)16-25(40)34-29-38-36-27(44-29)22-6-5-7-23(18-22)28-37-39-30(45-28)35-26(41)17-21-12-14-24(15-13-21)33-31(42)43-32(2,3)4;27-19-8-4-15(5-9-19)12-21(35)29-25-33-31-23(37-25)17-2-1-3-18(14-17)24-32-34-26(38-24)30-22(36)13-16-6-10-20(28)11-7-16;1-3-13-11(12)8-10-6-4-9(2)5-7-10;11-9-15-13-7(17-9)5-2-1-3-6(4-5)8-14-16-10(12)18-8;1-2-13-10(12)7-8-3-5-9(11)6-4-8/h8-15,22-23H,5-7,16-18H2,1-4H3,(H,33,42)(H,34,38,40)(H,35,39,41);4-11,17-18H,1-3,12-14,27-28H2,(H,29,33,35)(H,30,34,36);4-7H,3,8H2,1-2H3;5-6H,1-4H2,(H2,11,15)(H2,12,16);3-6H,2,7,11H2,1H3/t22-,23-;17-,18-;;5-,6-;/m00.0./s1. The highest BCUT2D eigenvalue weighted by Gasteiger charge is 2.33. The quantitative estimate of drug-likeness (QED) is 0.0144. The summed E-state index contributed by atoms with van der Waals surface area (Å²) >= 11 is 8.66. The Bertz CT molecular complexity index is 5330. The van der Waals surface area contributed by atoms with E-state index in [1.165, 1.54) is 80.0 Å². The molecule has 15 N–H and O–H groups in total. The van der Waals surface area contributed by atoms with Gasteiger partial charge in [-0.3, -0.25) is 34.1 Å². The van der Waals surface area contributed by atoms with E-state index in [2.05, 4.69) is 87.8 Å². The summed E-state index contributed by atoms with van der Waals surface area (Å²) in [4.78, 5) is 84.2. The lowest BCUT2D eigenvalue weighted by Gasteiger charge is -2.25. The molecule has 5 amide bonds. The first-order chi connectivity index (χ1) is 61.1. The Labute approximate surface area is 760 Å². The maximum Gasteiger partial charge on any atom is 0.412 e. The zero-order chi connectivity index (χ0) is 90.4. The van der Waals surface area contributed by atoms with Crippen molar-refractivity contribution in [1.82, 2.24) is 61.2 Å². The molecule has 0 bridgehead atoms. The van der Waals surface area contributed by atoms with Gasteiger partial charge in [-0.2, -0.15) is 0 Å². The van der Waals surface area contributed by atoms with Crippen LogP contribution in [0.3, 0.4) is 0 Å². The van der Waals surface area contributed by atoms with E-state index in [9.17, 15) is 33.6 Å². The molecule has 15 rings (SSSR count). The van der Waals surface area contributed by atoms with Gasteiger partial charge in [-0.1, -0.05) is 195 Å². The largest absolute Gasteiger partial charge is 0.466 e. The maximum absolute atomic E-state index is 12.7. The van der Waals surface area contributed by atoms with Crippen molar-refractivity contribution < 1.29 is 47.8 Å². The summed E-state index contributed by atoms with van der Waals surface area (Å²) in [7, 11) is 0. The smallest absolute Gasteiger partial charge is 0.412 e. The number of carbonyl (C=O) groups excluding carboxylic acids is 7. The molecule has 3 saturated carbocycles. The van der Waals surface area contributed by atoms with Crippen LogP contribution in [0.15, 0.2) is 146 Å². The van der Waals surface area contributed by atoms with Gasteiger partial charge < -0.3 is 64.1 Å². The fourth-order valence-electron chi connectivity index (χ4n) is 14.1. The first-order valence-corrected chi connectivity index (χ1v) is 46.7. The summed E-state index contributed by atoms with van der Waals surface area (Å²) in [6.07, 6.45) is 13.4. The van der Waals surface area contributed by atoms with E-state index in [4.69, 9.17) is 42.9 Å². The normalized spacial score (nSPS) is 16.4. The predicted octanol–water partition coefficient (Wildman–Crippen LogP) is 16.7. The molecule has 6 aromatic carbocycles. The summed E-state index contributed by atoms with van der Waals surface area (Å²) in [6.45, 7) is 13.9. The van der Waals surface area contributed by atoms with Crippen LogP contribution in [0.1, 0.15) is 222 Å². The van der Waals surface area contributed by atoms with Crippen LogP contribution in [-0.4, -0.2) is 122 Å². The molecule has 38 heteroatoms. The lowest BCUT2D eigenvalue weighted by molar-refractivity contribution is -0.143. The molecule has 0 radical (unpaired) electrons. The number of amides is 5. The highest BCUT2D eigenvalue weighted by molar-refractivity contribution is 7.17. The number of nitrogens with one attached hydrogen (secondary N) is 5. The monoisotopic (exact) mass is 1830 g/mol. The molecular weight excluding hydrogens is 1730 g/mol. The van der Waals surface area contributed by atoms with Gasteiger partial charge in [0.15, 0.2) is 0 Å². The van der Waals surface area contributed by atoms with E-state index in [0.29, 0.717) is 91.4 Å². The number of hydrogen-bond donors (Lipinski definition) is 10. The van der Waals surface area contributed by atoms with Crippen molar-refractivity contribution in [2.45, 2.75) is 205 Å². The Hall–Kier alpha value is -12.2. The van der Waals surface area contributed by atoms with Crippen molar-refractivity contribution >= 4 is 163 Å². The molecule has 6 atom stereocenters. The molecule has 0 saturated heterocycles. The number of hydrogen-bond acceptors (Lipinski definition) is 33. The molecule has 668 valence electrons. The molecular formula is C89H106N22O10S6. The van der Waals surface area contributed by atoms with E-state index in [1.807, 2.05) is 106 Å². The van der Waals surface area contributed by atoms with Crippen LogP contribution in [0.2, 0.25) is 0 Å². The molecule has 3 aliphatic rings. The van der Waals surface area contributed by atoms with Crippen molar-refractivity contribution in [2.75, 3.05) is 68.5 Å². The summed E-state index contributed by atoms with van der Waals surface area (Å²) in [6, 6.07) is 44.5. The van der Waals surface area contributed by atoms with Gasteiger partial charge in [0.05, 0.1) is 51.7 Å². The zero-order valence-electron chi connectivity index (χ0n) is 71.7. The third-order valence-corrected chi connectivity index (χ3v) is 26.2. The molecule has 32 nitrogen and oxygen atoms in total. The number of aromatic nitrogens is 12. The van der Waals surface area contributed by atoms with Gasteiger partial charge in [0.1, 0.15) is 35.6 Å². The van der Waals surface area contributed by atoms with Crippen molar-refractivity contribution in [3.63, 3.8) is 0 Å². The lowest BCUT2D eigenvalue weighted by atomic mass is 9.82. The number of benzene rings is 6. The minimum absolute atomic E-state index is 0.112. The second-order valence-electron chi connectivity index (χ2n) is 31.8. The number of rotatable bonds is 25. The number of nitrogen functional groups attached to an aromatic ring is 5. The Morgan fingerprint density at radius 3 is 0.827 bits per heavy atom. The van der Waals surface area contributed by atoms with Gasteiger partial charge in [0.2, 0.25) is 54.4 Å². The molecule has 0 unspecified atom stereocenters. The fraction of sp³-hybridized carbons (Fsp3) is 0.382. The summed E-state index contributed by atoms with van der Waals surface area (Å²) in [5.41, 5.74) is 38.0. The van der Waals surface area contributed by atoms with Gasteiger partial charge in [-0.05, 0) is 188 Å². The van der Waals surface area contributed by atoms with Crippen LogP contribution in [-0.2, 0) is 81.5 Å². The number of ether oxygens (including phenoxy) is 3. The SMILES string of the molecule is CCOC(=O)Cc1ccc(C)cc1.CCOC(=O)Cc1ccc(N)cc1.Cc1ccc(CC(=O)Nc2nnc([C@H]3CCC[C@H](c4nnc(NC(=O)Cc5ccc(NC(=O)OC(C)(C)C)cc5)s4)C3)s2)cc1.Nc1ccc(CC(=O)Nc2nnc([C@H]3CCC[C@H](c4nnc(NC(=O)Cc5ccc(N)cc5)s4)C3)s2)cc1.Nc1nnc([C@H]2CCC[C@H](c3nnc(N)s3)C2)s1. The summed E-state index contributed by atoms with van der Waals surface area (Å²) < 4.78 is 14.9. The lowest BCUT2D eigenvalue weighted by Crippen LogP contribution is -2.27. The van der Waals surface area contributed by atoms with Crippen molar-refractivity contribution in [1.29, 1.82) is 0 Å². The molecule has 6 aromatic heterocycles. The van der Waals surface area contributed by atoms with Crippen molar-refractivity contribution in [2.24, 2.45) is 0 Å². The molecule has 127 heavy (non-hydrogen) atoms. The van der Waals surface area contributed by atoms with Gasteiger partial charge in [0, 0.05) is 58.3 Å². The van der Waals surface area contributed by atoms with Crippen molar-refractivity contribution in [3.05, 3.63) is 220 Å². The van der Waals surface area contributed by atoms with E-state index in [0.717, 1.165) is 140 Å². The third-order valence-electron chi connectivity index (χ3n) is 20.3. The van der Waals surface area contributed by atoms with Crippen molar-refractivity contribution in [3.8, 4) is 0 Å². The predicted molar refractivity (Wildman–Crippen MR) is 501 cm³/mol. The van der Waals surface area contributed by atoms with Gasteiger partial charge in [-0.15, -0.1) is 61.2 Å². The van der Waals surface area contributed by atoms with Gasteiger partial charge in [-0.25, -0.2) is 4.79 Å². The van der Waals surface area contributed by atoms with Crippen LogP contribution in [0.25, 0.3) is 0 Å². The fourth-order valence-corrected chi connectivity index (χ4v) is 19.3. The highest BCUT2D eigenvalue weighted by Crippen LogP contribution is 2.47. The zero-order valence-corrected chi connectivity index (χ0v) is 76.6. The van der Waals surface area contributed by atoms with Crippen LogP contribution in [0.5, 0.6) is 0 Å². The topological polar surface area (TPSA) is 492 Å². The molecule has 3 aliphatic carbocycles. The van der Waals surface area contributed by atoms with Gasteiger partial charge >= 0.3 is 18.0 Å². The average molecular weight is 1840 g/mol. The van der Waals surface area contributed by atoms with Crippen LogP contribution < -0.4 is 55.3 Å². The number of aryl methyl sites for hydroxylation is 2. The molecule has 0 spiro atoms. The Kier molecular flexibility index (Phi) is 35.6. The third kappa shape index (κ3) is 32.0. The van der Waals surface area contributed by atoms with Crippen LogP contribution in [0.4, 0.5) is 58.3 Å². The second kappa shape index (κ2) is 47.4. The number of carbonyl (C=O) groups is 7. The van der Waals surface area contributed by atoms with Crippen LogP contribution >= 0.6 is 68.0 Å². The van der Waals surface area contributed by atoms with E-state index in [1.54, 1.807) is 88.4 Å². The highest BCUT2D eigenvalue weighted by atomic mass is 32.1. The van der Waals surface area contributed by atoms with Crippen LogP contribution in [0, 0.1) is 13.8 Å². The number of esters is 2. The summed E-state index contributed by atoms with van der Waals surface area (Å²) in [5.74, 6) is 0.849. The number of anilines is 10. The molecule has 12 aromatic rings. The van der Waals surface area contributed by atoms with E-state index >= 15 is 0 Å². The maximum atomic E-state index is 12.7. The second-order valence-corrected chi connectivity index (χ2v) is 37.9. The first kappa shape index (κ1) is 95.4. The summed E-state index contributed by atoms with van der Waals surface area (Å²) in [5, 5.41) is 73.5. The minimum Gasteiger partial charge on any atom is -0.466 e. The first-order valence-electron chi connectivity index (χ1n) is 41.8. The molecule has 0 aliphatic heterocycles. The number of nitrogens with zero attached hydrogens (tertiary/aromatic N) is 12. The average Bonchev–Trinajstić information content (AvgIpc) is 1.70. The minimum atomic E-state index is -0.586. The molecule has 6 heterocycles.